The van der Waals surface area contributed by atoms with Gasteiger partial charge < -0.3 is 15.6 Å². The molecule has 0 unspecified atom stereocenters. The number of rotatable bonds is 6. The highest BCUT2D eigenvalue weighted by Crippen LogP contribution is 2.28. The van der Waals surface area contributed by atoms with Crippen LogP contribution in [0.15, 0.2) is 53.3 Å². The Morgan fingerprint density at radius 1 is 1.37 bits per heavy atom. The van der Waals surface area contributed by atoms with Gasteiger partial charge in [0.05, 0.1) is 0 Å². The minimum atomic E-state index is -0.302. The van der Waals surface area contributed by atoms with Crippen LogP contribution in [0.25, 0.3) is 11.4 Å². The number of nitrogens with zero attached hydrogens (tertiary/aromatic N) is 3. The highest BCUT2D eigenvalue weighted by atomic mass is 19.1. The molecule has 2 aromatic rings. The number of hydrogen-bond acceptors (Lipinski definition) is 6. The van der Waals surface area contributed by atoms with E-state index in [1.165, 1.54) is 24.5 Å². The number of aromatic nitrogens is 2. The number of halogens is 1. The molecule has 2 heterocycles. The molecule has 3 N–H and O–H groups in total. The highest BCUT2D eigenvalue weighted by Gasteiger charge is 2.26. The van der Waals surface area contributed by atoms with Crippen LogP contribution in [0.2, 0.25) is 0 Å². The minimum Gasteiger partial charge on any atom is -0.403 e. The predicted octanol–water partition coefficient (Wildman–Crippen LogP) is 2.16. The first kappa shape index (κ1) is 18.8. The van der Waals surface area contributed by atoms with Crippen molar-refractivity contribution in [3.63, 3.8) is 0 Å². The van der Waals surface area contributed by atoms with E-state index < -0.39 is 0 Å². The molecule has 7 nitrogen and oxygen atoms in total. The van der Waals surface area contributed by atoms with E-state index in [0.717, 1.165) is 31.5 Å². The van der Waals surface area contributed by atoms with Gasteiger partial charge in [-0.15, -0.1) is 0 Å². The van der Waals surface area contributed by atoms with Crippen molar-refractivity contribution in [2.75, 3.05) is 19.6 Å². The molecule has 0 bridgehead atoms. The lowest BCUT2D eigenvalue weighted by atomic mass is 9.96. The number of piperidine rings is 1. The first-order chi connectivity index (χ1) is 13.1. The van der Waals surface area contributed by atoms with Crippen LogP contribution < -0.4 is 11.1 Å². The fraction of sp³-hybridized carbons (Fsp3) is 0.316. The van der Waals surface area contributed by atoms with Crippen molar-refractivity contribution in [1.82, 2.24) is 20.4 Å². The van der Waals surface area contributed by atoms with Crippen LogP contribution in [-0.2, 0) is 4.79 Å². The fourth-order valence-electron chi connectivity index (χ4n) is 3.02. The molecule has 1 aromatic heterocycles. The average Bonchev–Trinajstić information content (AvgIpc) is 3.17. The molecule has 3 rings (SSSR count). The molecule has 1 amide bonds. The van der Waals surface area contributed by atoms with Gasteiger partial charge >= 0.3 is 0 Å². The Kier molecular flexibility index (Phi) is 5.97. The number of carbonyl (C=O) groups excluding carboxylic acids is 1. The van der Waals surface area contributed by atoms with E-state index in [0.29, 0.717) is 23.8 Å². The van der Waals surface area contributed by atoms with E-state index >= 15 is 0 Å². The zero-order valence-corrected chi connectivity index (χ0v) is 14.9. The molecular formula is C19H22FN5O2. The molecule has 27 heavy (non-hydrogen) atoms. The van der Waals surface area contributed by atoms with Gasteiger partial charge in [-0.1, -0.05) is 11.7 Å². The molecule has 0 aliphatic carbocycles. The van der Waals surface area contributed by atoms with Crippen molar-refractivity contribution in [3.05, 3.63) is 60.5 Å². The summed E-state index contributed by atoms with van der Waals surface area (Å²) >= 11 is 0. The Labute approximate surface area is 156 Å². The van der Waals surface area contributed by atoms with Crippen molar-refractivity contribution in [2.45, 2.75) is 18.8 Å². The van der Waals surface area contributed by atoms with Crippen molar-refractivity contribution in [1.29, 1.82) is 0 Å². The van der Waals surface area contributed by atoms with Crippen LogP contribution in [0.1, 0.15) is 24.7 Å². The summed E-state index contributed by atoms with van der Waals surface area (Å²) in [5, 5.41) is 6.56. The molecule has 1 saturated heterocycles. The maximum atomic E-state index is 13.0. The number of hydrogen-bond donors (Lipinski definition) is 2. The zero-order chi connectivity index (χ0) is 19.2. The summed E-state index contributed by atoms with van der Waals surface area (Å²) < 4.78 is 18.4. The highest BCUT2D eigenvalue weighted by molar-refractivity contribution is 5.93. The monoisotopic (exact) mass is 371 g/mol. The second kappa shape index (κ2) is 8.59. The summed E-state index contributed by atoms with van der Waals surface area (Å²) in [4.78, 5) is 18.4. The van der Waals surface area contributed by atoms with Gasteiger partial charge in [0.25, 0.3) is 5.91 Å². The Morgan fingerprint density at radius 2 is 2.07 bits per heavy atom. The van der Waals surface area contributed by atoms with Gasteiger partial charge in [-0.3, -0.25) is 9.69 Å². The first-order valence-electron chi connectivity index (χ1n) is 8.74. The standard InChI is InChI=1S/C19H22FN5O2/c1-13(18(26)22-9-8-21)12-25-10-6-15(7-11-25)19-23-17(24-27-19)14-2-4-16(20)5-3-14/h2-5,8-9,15H,1,6-7,10-12,21H2,(H,22,26)/b9-8-. The Bertz CT molecular complexity index is 823. The summed E-state index contributed by atoms with van der Waals surface area (Å²) in [5.74, 6) is 0.693. The third-order valence-corrected chi connectivity index (χ3v) is 4.53. The molecule has 8 heteroatoms. The van der Waals surface area contributed by atoms with Gasteiger partial charge in [-0.2, -0.15) is 4.98 Å². The number of amides is 1. The van der Waals surface area contributed by atoms with Crippen LogP contribution in [0.3, 0.4) is 0 Å². The Balaban J connectivity index is 1.53. The lowest BCUT2D eigenvalue weighted by Crippen LogP contribution is -2.36. The summed E-state index contributed by atoms with van der Waals surface area (Å²) in [7, 11) is 0. The van der Waals surface area contributed by atoms with E-state index in [-0.39, 0.29) is 17.6 Å². The van der Waals surface area contributed by atoms with Crippen molar-refractivity contribution in [3.8, 4) is 11.4 Å². The molecule has 1 aromatic carbocycles. The second-order valence-electron chi connectivity index (χ2n) is 6.45. The average molecular weight is 371 g/mol. The van der Waals surface area contributed by atoms with Crippen LogP contribution >= 0.6 is 0 Å². The Hall–Kier alpha value is -3.00. The minimum absolute atomic E-state index is 0.171. The van der Waals surface area contributed by atoms with Crippen LogP contribution in [0, 0.1) is 5.82 Å². The SMILES string of the molecule is C=C(CN1CCC(c2nc(-c3ccc(F)cc3)no2)CC1)C(=O)N/C=C\N. The van der Waals surface area contributed by atoms with Gasteiger partial charge in [0.15, 0.2) is 0 Å². The summed E-state index contributed by atoms with van der Waals surface area (Å²) in [6.45, 7) is 5.93. The zero-order valence-electron chi connectivity index (χ0n) is 14.9. The van der Waals surface area contributed by atoms with Gasteiger partial charge in [-0.05, 0) is 50.2 Å². The van der Waals surface area contributed by atoms with Gasteiger partial charge in [-0.25, -0.2) is 4.39 Å². The molecule has 1 aliphatic rings. The first-order valence-corrected chi connectivity index (χ1v) is 8.74. The number of nitrogens with one attached hydrogen (secondary N) is 1. The van der Waals surface area contributed by atoms with Crippen molar-refractivity contribution < 1.29 is 13.7 Å². The molecule has 0 atom stereocenters. The number of benzene rings is 1. The molecule has 0 radical (unpaired) electrons. The summed E-state index contributed by atoms with van der Waals surface area (Å²) in [5.41, 5.74) is 6.41. The number of carbonyl (C=O) groups is 1. The molecule has 1 fully saturated rings. The van der Waals surface area contributed by atoms with Crippen LogP contribution in [0.5, 0.6) is 0 Å². The van der Waals surface area contributed by atoms with E-state index in [1.807, 2.05) is 0 Å². The third kappa shape index (κ3) is 4.79. The lowest BCUT2D eigenvalue weighted by Gasteiger charge is -2.30. The quantitative estimate of drug-likeness (QED) is 0.755. The van der Waals surface area contributed by atoms with Crippen LogP contribution in [-0.4, -0.2) is 40.6 Å². The largest absolute Gasteiger partial charge is 0.403 e. The van der Waals surface area contributed by atoms with E-state index in [2.05, 4.69) is 26.9 Å². The number of likely N-dealkylation sites (tertiary alicyclic amines) is 1. The van der Waals surface area contributed by atoms with Gasteiger partial charge in [0.2, 0.25) is 11.7 Å². The molecular weight excluding hydrogens is 349 g/mol. The van der Waals surface area contributed by atoms with Crippen molar-refractivity contribution in [2.24, 2.45) is 5.73 Å². The van der Waals surface area contributed by atoms with E-state index in [1.54, 1.807) is 12.1 Å². The fourth-order valence-corrected chi connectivity index (χ4v) is 3.02. The molecule has 0 saturated carbocycles. The molecule has 0 spiro atoms. The lowest BCUT2D eigenvalue weighted by molar-refractivity contribution is -0.116. The summed E-state index contributed by atoms with van der Waals surface area (Å²) in [6, 6.07) is 6.00. The number of nitrogens with two attached hydrogens (primary N) is 1. The topological polar surface area (TPSA) is 97.3 Å². The van der Waals surface area contributed by atoms with Gasteiger partial charge in [0.1, 0.15) is 5.82 Å². The smallest absolute Gasteiger partial charge is 0.251 e. The maximum absolute atomic E-state index is 13.0. The predicted molar refractivity (Wildman–Crippen MR) is 98.7 cm³/mol. The molecule has 142 valence electrons. The van der Waals surface area contributed by atoms with E-state index in [4.69, 9.17) is 10.3 Å². The summed E-state index contributed by atoms with van der Waals surface area (Å²) in [6.07, 6.45) is 4.35. The van der Waals surface area contributed by atoms with Crippen molar-refractivity contribution >= 4 is 5.91 Å². The van der Waals surface area contributed by atoms with Gasteiger partial charge in [0, 0.05) is 36.0 Å². The maximum Gasteiger partial charge on any atom is 0.251 e. The normalized spacial score (nSPS) is 15.9. The second-order valence-corrected chi connectivity index (χ2v) is 6.45. The van der Waals surface area contributed by atoms with E-state index in [9.17, 15) is 9.18 Å². The van der Waals surface area contributed by atoms with Crippen LogP contribution in [0.4, 0.5) is 4.39 Å². The third-order valence-electron chi connectivity index (χ3n) is 4.53. The molecule has 1 aliphatic heterocycles. The Morgan fingerprint density at radius 3 is 2.74 bits per heavy atom.